The second-order valence-electron chi connectivity index (χ2n) is 3.76. The minimum atomic E-state index is 0.507. The number of hydrogen-bond donors (Lipinski definition) is 0. The fourth-order valence-electron chi connectivity index (χ4n) is 1.75. The number of pyridine rings is 1. The van der Waals surface area contributed by atoms with E-state index < -0.39 is 0 Å². The second kappa shape index (κ2) is 6.49. The zero-order valence-electron chi connectivity index (χ0n) is 9.21. The molecule has 0 aliphatic heterocycles. The van der Waals surface area contributed by atoms with E-state index in [1.807, 2.05) is 6.07 Å². The van der Waals surface area contributed by atoms with Crippen LogP contribution in [0.4, 0.5) is 0 Å². The van der Waals surface area contributed by atoms with Crippen molar-refractivity contribution in [2.45, 2.75) is 37.9 Å². The SMILES string of the molecule is CCC(CC)C(Br)Cc1ccncc1Cl. The summed E-state index contributed by atoms with van der Waals surface area (Å²) >= 11 is 9.83. The van der Waals surface area contributed by atoms with Gasteiger partial charge in [-0.1, -0.05) is 54.2 Å². The minimum absolute atomic E-state index is 0.507. The number of halogens is 2. The molecule has 0 N–H and O–H groups in total. The van der Waals surface area contributed by atoms with Gasteiger partial charge in [0.1, 0.15) is 0 Å². The van der Waals surface area contributed by atoms with Crippen molar-refractivity contribution >= 4 is 27.5 Å². The fourth-order valence-corrected chi connectivity index (χ4v) is 3.04. The highest BCUT2D eigenvalue weighted by Crippen LogP contribution is 2.26. The Bertz CT molecular complexity index is 299. The van der Waals surface area contributed by atoms with Gasteiger partial charge in [-0.2, -0.15) is 0 Å². The van der Waals surface area contributed by atoms with Crippen LogP contribution in [-0.4, -0.2) is 9.81 Å². The van der Waals surface area contributed by atoms with Crippen molar-refractivity contribution in [3.8, 4) is 0 Å². The molecule has 1 heterocycles. The van der Waals surface area contributed by atoms with E-state index in [1.54, 1.807) is 12.4 Å². The van der Waals surface area contributed by atoms with Gasteiger partial charge >= 0.3 is 0 Å². The zero-order chi connectivity index (χ0) is 11.3. The average Bonchev–Trinajstić information content (AvgIpc) is 2.23. The Hall–Kier alpha value is -0.0800. The number of aromatic nitrogens is 1. The first-order valence-corrected chi connectivity index (χ1v) is 6.70. The molecule has 15 heavy (non-hydrogen) atoms. The highest BCUT2D eigenvalue weighted by molar-refractivity contribution is 9.09. The maximum absolute atomic E-state index is 6.08. The van der Waals surface area contributed by atoms with Crippen molar-refractivity contribution in [3.05, 3.63) is 29.0 Å². The predicted molar refractivity (Wildman–Crippen MR) is 69.7 cm³/mol. The van der Waals surface area contributed by atoms with Gasteiger partial charge in [-0.25, -0.2) is 0 Å². The van der Waals surface area contributed by atoms with Crippen LogP contribution in [-0.2, 0) is 6.42 Å². The number of rotatable bonds is 5. The maximum Gasteiger partial charge on any atom is 0.0621 e. The summed E-state index contributed by atoms with van der Waals surface area (Å²) in [6.45, 7) is 4.47. The molecule has 0 amide bonds. The predicted octanol–water partition coefficient (Wildman–Crippen LogP) is 4.48. The van der Waals surface area contributed by atoms with Crippen LogP contribution in [0, 0.1) is 5.92 Å². The van der Waals surface area contributed by atoms with Crippen LogP contribution in [0.15, 0.2) is 18.5 Å². The van der Waals surface area contributed by atoms with Crippen molar-refractivity contribution in [1.82, 2.24) is 4.98 Å². The number of alkyl halides is 1. The van der Waals surface area contributed by atoms with E-state index in [-0.39, 0.29) is 0 Å². The second-order valence-corrected chi connectivity index (χ2v) is 5.35. The number of hydrogen-bond acceptors (Lipinski definition) is 1. The first-order valence-electron chi connectivity index (χ1n) is 5.41. The molecule has 0 radical (unpaired) electrons. The average molecular weight is 291 g/mol. The minimum Gasteiger partial charge on any atom is -0.263 e. The maximum atomic E-state index is 6.08. The highest BCUT2D eigenvalue weighted by atomic mass is 79.9. The Morgan fingerprint density at radius 2 is 2.07 bits per heavy atom. The van der Waals surface area contributed by atoms with Crippen molar-refractivity contribution in [2.24, 2.45) is 5.92 Å². The summed E-state index contributed by atoms with van der Waals surface area (Å²) in [5.41, 5.74) is 1.18. The summed E-state index contributed by atoms with van der Waals surface area (Å²) in [5, 5.41) is 0.771. The largest absolute Gasteiger partial charge is 0.263 e. The van der Waals surface area contributed by atoms with Crippen molar-refractivity contribution in [1.29, 1.82) is 0 Å². The van der Waals surface area contributed by atoms with E-state index in [0.29, 0.717) is 10.7 Å². The van der Waals surface area contributed by atoms with Crippen molar-refractivity contribution in [3.63, 3.8) is 0 Å². The van der Waals surface area contributed by atoms with Gasteiger partial charge in [-0.15, -0.1) is 0 Å². The van der Waals surface area contributed by atoms with Crippen LogP contribution in [0.2, 0.25) is 5.02 Å². The van der Waals surface area contributed by atoms with Crippen LogP contribution in [0.3, 0.4) is 0 Å². The lowest BCUT2D eigenvalue weighted by atomic mass is 9.95. The molecule has 1 atom stereocenters. The molecule has 0 aliphatic carbocycles. The van der Waals surface area contributed by atoms with E-state index in [0.717, 1.165) is 11.4 Å². The molecule has 1 aromatic rings. The van der Waals surface area contributed by atoms with Crippen LogP contribution in [0.1, 0.15) is 32.3 Å². The van der Waals surface area contributed by atoms with E-state index >= 15 is 0 Å². The van der Waals surface area contributed by atoms with Crippen LogP contribution < -0.4 is 0 Å². The normalized spacial score (nSPS) is 13.1. The van der Waals surface area contributed by atoms with E-state index in [4.69, 9.17) is 11.6 Å². The molecular formula is C12H17BrClN. The Labute approximate surface area is 105 Å². The zero-order valence-corrected chi connectivity index (χ0v) is 11.6. The third-order valence-electron chi connectivity index (χ3n) is 2.83. The quantitative estimate of drug-likeness (QED) is 0.729. The van der Waals surface area contributed by atoms with Crippen molar-refractivity contribution < 1.29 is 0 Å². The molecular weight excluding hydrogens is 273 g/mol. The lowest BCUT2D eigenvalue weighted by Crippen LogP contribution is -2.15. The molecule has 0 fully saturated rings. The molecule has 0 aromatic carbocycles. The van der Waals surface area contributed by atoms with E-state index in [9.17, 15) is 0 Å². The Morgan fingerprint density at radius 3 is 2.60 bits per heavy atom. The lowest BCUT2D eigenvalue weighted by Gasteiger charge is -2.19. The first-order chi connectivity index (χ1) is 7.19. The monoisotopic (exact) mass is 289 g/mol. The summed E-state index contributed by atoms with van der Waals surface area (Å²) in [4.78, 5) is 4.50. The van der Waals surface area contributed by atoms with E-state index in [2.05, 4.69) is 34.8 Å². The summed E-state index contributed by atoms with van der Waals surface area (Å²) in [5.74, 6) is 0.717. The van der Waals surface area contributed by atoms with Gasteiger partial charge in [-0.05, 0) is 24.0 Å². The first kappa shape index (κ1) is 13.0. The Morgan fingerprint density at radius 1 is 1.40 bits per heavy atom. The van der Waals surface area contributed by atoms with Gasteiger partial charge in [0.25, 0.3) is 0 Å². The van der Waals surface area contributed by atoms with E-state index in [1.165, 1.54) is 18.4 Å². The lowest BCUT2D eigenvalue weighted by molar-refractivity contribution is 0.475. The standard InChI is InChI=1S/C12H17BrClN/c1-3-9(4-2)11(13)7-10-5-6-15-8-12(10)14/h5-6,8-9,11H,3-4,7H2,1-2H3. The molecule has 3 heteroatoms. The molecule has 0 saturated carbocycles. The Balaban J connectivity index is 2.65. The highest BCUT2D eigenvalue weighted by Gasteiger charge is 2.16. The molecule has 1 unspecified atom stereocenters. The van der Waals surface area contributed by atoms with Gasteiger partial charge in [0, 0.05) is 17.2 Å². The molecule has 0 spiro atoms. The molecule has 1 nitrogen and oxygen atoms in total. The fraction of sp³-hybridized carbons (Fsp3) is 0.583. The summed E-state index contributed by atoms with van der Waals surface area (Å²) in [6.07, 6.45) is 6.90. The number of nitrogens with zero attached hydrogens (tertiary/aromatic N) is 1. The van der Waals surface area contributed by atoms with Gasteiger partial charge in [0.05, 0.1) is 5.02 Å². The molecule has 1 aromatic heterocycles. The molecule has 0 saturated heterocycles. The summed E-state index contributed by atoms with van der Waals surface area (Å²) in [6, 6.07) is 2.00. The summed E-state index contributed by atoms with van der Waals surface area (Å²) in [7, 11) is 0. The van der Waals surface area contributed by atoms with Gasteiger partial charge < -0.3 is 0 Å². The topological polar surface area (TPSA) is 12.9 Å². The van der Waals surface area contributed by atoms with Crippen LogP contribution in [0.5, 0.6) is 0 Å². The van der Waals surface area contributed by atoms with Gasteiger partial charge in [0.2, 0.25) is 0 Å². The van der Waals surface area contributed by atoms with Gasteiger partial charge in [0.15, 0.2) is 0 Å². The van der Waals surface area contributed by atoms with Crippen LogP contribution >= 0.6 is 27.5 Å². The van der Waals surface area contributed by atoms with Gasteiger partial charge in [-0.3, -0.25) is 4.98 Å². The molecule has 84 valence electrons. The molecule has 0 bridgehead atoms. The molecule has 1 rings (SSSR count). The third-order valence-corrected chi connectivity index (χ3v) is 4.24. The van der Waals surface area contributed by atoms with Crippen molar-refractivity contribution in [2.75, 3.05) is 0 Å². The summed E-state index contributed by atoms with van der Waals surface area (Å²) < 4.78 is 0. The Kier molecular flexibility index (Phi) is 5.62. The third kappa shape index (κ3) is 3.76. The smallest absolute Gasteiger partial charge is 0.0621 e. The molecule has 0 aliphatic rings. The van der Waals surface area contributed by atoms with Crippen LogP contribution in [0.25, 0.3) is 0 Å².